The lowest BCUT2D eigenvalue weighted by molar-refractivity contribution is -0.121. The molecule has 0 fully saturated rings. The number of rotatable bonds is 9. The number of hydrogen-bond acceptors (Lipinski definition) is 5. The van der Waals surface area contributed by atoms with Crippen LogP contribution in [0.3, 0.4) is 0 Å². The molecule has 2 aromatic carbocycles. The Balaban J connectivity index is 2.18. The van der Waals surface area contributed by atoms with Crippen LogP contribution < -0.4 is 15.6 Å². The summed E-state index contributed by atoms with van der Waals surface area (Å²) in [6, 6.07) is 14.3. The quantitative estimate of drug-likeness (QED) is 0.521. The van der Waals surface area contributed by atoms with Gasteiger partial charge in [-0.2, -0.15) is 0 Å². The molecule has 5 nitrogen and oxygen atoms in total. The molecule has 0 saturated carbocycles. The van der Waals surface area contributed by atoms with Crippen molar-refractivity contribution in [3.8, 4) is 11.5 Å². The Hall–Kier alpha value is -2.02. The van der Waals surface area contributed by atoms with Crippen LogP contribution in [0.5, 0.6) is 11.5 Å². The maximum Gasteiger partial charge on any atom is 0.234 e. The van der Waals surface area contributed by atoms with Crippen LogP contribution in [-0.4, -0.2) is 38.2 Å². The first kappa shape index (κ1) is 20.3. The van der Waals surface area contributed by atoms with Crippen molar-refractivity contribution < 1.29 is 9.53 Å². The lowest BCUT2D eigenvalue weighted by Gasteiger charge is -2.16. The fourth-order valence-corrected chi connectivity index (χ4v) is 2.96. The molecule has 1 amide bonds. The molecule has 0 aliphatic carbocycles. The highest BCUT2D eigenvalue weighted by Crippen LogP contribution is 2.29. The fourth-order valence-electron chi connectivity index (χ4n) is 2.55. The molecule has 0 heterocycles. The maximum atomic E-state index is 11.7. The highest BCUT2D eigenvalue weighted by atomic mass is 32.2. The first-order chi connectivity index (χ1) is 12.5. The molecular formula is C20H27N3O2S. The molecule has 0 atom stereocenters. The number of nitrogens with zero attached hydrogens (tertiary/aromatic N) is 1. The van der Waals surface area contributed by atoms with Crippen molar-refractivity contribution in [2.24, 2.45) is 0 Å². The summed E-state index contributed by atoms with van der Waals surface area (Å²) in [7, 11) is 5.75. The van der Waals surface area contributed by atoms with E-state index in [-0.39, 0.29) is 5.91 Å². The summed E-state index contributed by atoms with van der Waals surface area (Å²) in [5.74, 6) is 1.62. The van der Waals surface area contributed by atoms with Crippen molar-refractivity contribution in [1.82, 2.24) is 15.8 Å². The zero-order valence-electron chi connectivity index (χ0n) is 15.8. The molecule has 0 radical (unpaired) electrons. The second kappa shape index (κ2) is 10.2. The molecule has 0 spiro atoms. The fraction of sp³-hybridized carbons (Fsp3) is 0.350. The smallest absolute Gasteiger partial charge is 0.234 e. The Morgan fingerprint density at radius 3 is 2.50 bits per heavy atom. The van der Waals surface area contributed by atoms with E-state index in [1.807, 2.05) is 32.3 Å². The Morgan fingerprint density at radius 1 is 1.15 bits per heavy atom. The minimum absolute atomic E-state index is 0.0278. The lowest BCUT2D eigenvalue weighted by atomic mass is 10.1. The molecule has 2 N–H and O–H groups in total. The summed E-state index contributed by atoms with van der Waals surface area (Å²) in [6.45, 7) is 0.790. The summed E-state index contributed by atoms with van der Waals surface area (Å²) in [5, 5.41) is 0. The van der Waals surface area contributed by atoms with E-state index in [0.717, 1.165) is 29.2 Å². The average Bonchev–Trinajstić information content (AvgIpc) is 2.62. The zero-order chi connectivity index (χ0) is 18.9. The van der Waals surface area contributed by atoms with Crippen LogP contribution in [0.4, 0.5) is 0 Å². The normalized spacial score (nSPS) is 10.8. The van der Waals surface area contributed by atoms with Crippen molar-refractivity contribution in [1.29, 1.82) is 0 Å². The predicted octanol–water partition coefficient (Wildman–Crippen LogP) is 3.45. The molecule has 0 bridgehead atoms. The molecular weight excluding hydrogens is 346 g/mol. The van der Waals surface area contributed by atoms with Crippen molar-refractivity contribution in [3.05, 3.63) is 53.6 Å². The average molecular weight is 374 g/mol. The van der Waals surface area contributed by atoms with Gasteiger partial charge in [0, 0.05) is 30.5 Å². The molecule has 0 aliphatic heterocycles. The van der Waals surface area contributed by atoms with Crippen LogP contribution >= 0.6 is 11.8 Å². The topological polar surface area (TPSA) is 53.6 Å². The van der Waals surface area contributed by atoms with E-state index >= 15 is 0 Å². The number of carbonyl (C=O) groups excluding carboxylic acids is 1. The van der Waals surface area contributed by atoms with Gasteiger partial charge in [-0.25, -0.2) is 5.43 Å². The van der Waals surface area contributed by atoms with Crippen LogP contribution in [0.15, 0.2) is 47.4 Å². The van der Waals surface area contributed by atoms with Gasteiger partial charge in [0.25, 0.3) is 0 Å². The van der Waals surface area contributed by atoms with Crippen LogP contribution in [0, 0.1) is 0 Å². The van der Waals surface area contributed by atoms with Crippen molar-refractivity contribution in [2.75, 3.05) is 27.4 Å². The van der Waals surface area contributed by atoms with E-state index in [0.29, 0.717) is 12.8 Å². The van der Waals surface area contributed by atoms with Crippen molar-refractivity contribution in [2.45, 2.75) is 24.3 Å². The van der Waals surface area contributed by atoms with Gasteiger partial charge in [0.1, 0.15) is 11.5 Å². The first-order valence-electron chi connectivity index (χ1n) is 8.56. The number of nitrogens with one attached hydrogen (secondary N) is 2. The van der Waals surface area contributed by atoms with Crippen LogP contribution in [0.25, 0.3) is 0 Å². The number of amides is 1. The summed E-state index contributed by atoms with van der Waals surface area (Å²) < 4.78 is 6.16. The molecule has 0 aromatic heterocycles. The van der Waals surface area contributed by atoms with Gasteiger partial charge in [-0.15, -0.1) is 11.8 Å². The molecule has 140 valence electrons. The largest absolute Gasteiger partial charge is 0.457 e. The van der Waals surface area contributed by atoms with E-state index in [4.69, 9.17) is 4.74 Å². The Bertz CT molecular complexity index is 717. The molecule has 2 rings (SSSR count). The SMILES string of the molecule is CNNC(=O)CCc1ccc(CN(C)C)c(Oc2ccc(SC)cc2)c1. The number of carbonyl (C=O) groups is 1. The highest BCUT2D eigenvalue weighted by molar-refractivity contribution is 7.98. The van der Waals surface area contributed by atoms with Crippen LogP contribution in [-0.2, 0) is 17.8 Å². The van der Waals surface area contributed by atoms with E-state index in [9.17, 15) is 4.79 Å². The Kier molecular flexibility index (Phi) is 7.97. The van der Waals surface area contributed by atoms with E-state index in [1.165, 1.54) is 4.90 Å². The van der Waals surface area contributed by atoms with Crippen LogP contribution in [0.2, 0.25) is 0 Å². The minimum Gasteiger partial charge on any atom is -0.457 e. The number of ether oxygens (including phenoxy) is 1. The molecule has 0 saturated heterocycles. The van der Waals surface area contributed by atoms with Gasteiger partial charge in [0.05, 0.1) is 0 Å². The van der Waals surface area contributed by atoms with Gasteiger partial charge in [-0.3, -0.25) is 10.2 Å². The Morgan fingerprint density at radius 2 is 1.88 bits per heavy atom. The van der Waals surface area contributed by atoms with Crippen molar-refractivity contribution >= 4 is 17.7 Å². The molecule has 0 unspecified atom stereocenters. The number of hydrogen-bond donors (Lipinski definition) is 2. The van der Waals surface area contributed by atoms with Crippen LogP contribution in [0.1, 0.15) is 17.5 Å². The molecule has 2 aromatic rings. The third kappa shape index (κ3) is 6.37. The van der Waals surface area contributed by atoms with Gasteiger partial charge in [-0.1, -0.05) is 12.1 Å². The van der Waals surface area contributed by atoms with Gasteiger partial charge in [0.15, 0.2) is 0 Å². The number of aryl methyl sites for hydroxylation is 1. The summed E-state index contributed by atoms with van der Waals surface area (Å²) >= 11 is 1.71. The summed E-state index contributed by atoms with van der Waals surface area (Å²) in [5.41, 5.74) is 7.44. The lowest BCUT2D eigenvalue weighted by Crippen LogP contribution is -2.34. The standard InChI is InChI=1S/C20H27N3O2S/c1-21-22-20(24)12-6-15-5-7-16(14-23(2)3)19(13-15)25-17-8-10-18(26-4)11-9-17/h5,7-11,13,21H,6,12,14H2,1-4H3,(H,22,24). The van der Waals surface area contributed by atoms with E-state index < -0.39 is 0 Å². The summed E-state index contributed by atoms with van der Waals surface area (Å²) in [6.07, 6.45) is 3.14. The Labute approximate surface area is 160 Å². The zero-order valence-corrected chi connectivity index (χ0v) is 16.7. The monoisotopic (exact) mass is 373 g/mol. The number of benzene rings is 2. The third-order valence-corrected chi connectivity index (χ3v) is 4.55. The molecule has 26 heavy (non-hydrogen) atoms. The predicted molar refractivity (Wildman–Crippen MR) is 108 cm³/mol. The van der Waals surface area contributed by atoms with E-state index in [2.05, 4.69) is 46.3 Å². The number of thioether (sulfide) groups is 1. The summed E-state index contributed by atoms with van der Waals surface area (Å²) in [4.78, 5) is 15.0. The van der Waals surface area contributed by atoms with E-state index in [1.54, 1.807) is 18.8 Å². The maximum absolute atomic E-state index is 11.7. The minimum atomic E-state index is -0.0278. The highest BCUT2D eigenvalue weighted by Gasteiger charge is 2.09. The second-order valence-electron chi connectivity index (χ2n) is 6.26. The first-order valence-corrected chi connectivity index (χ1v) is 9.78. The number of hydrazine groups is 1. The van der Waals surface area contributed by atoms with Gasteiger partial charge in [0.2, 0.25) is 5.91 Å². The van der Waals surface area contributed by atoms with Crippen molar-refractivity contribution in [3.63, 3.8) is 0 Å². The third-order valence-electron chi connectivity index (χ3n) is 3.81. The van der Waals surface area contributed by atoms with Gasteiger partial charge in [-0.05, 0) is 62.7 Å². The van der Waals surface area contributed by atoms with Gasteiger partial charge >= 0.3 is 0 Å². The van der Waals surface area contributed by atoms with Gasteiger partial charge < -0.3 is 9.64 Å². The molecule has 0 aliphatic rings. The second-order valence-corrected chi connectivity index (χ2v) is 7.14. The molecule has 6 heteroatoms.